The standard InChI is InChI=1S/C20H26N2O2S.2C2HF3O2/c1-3-18(25-12-1)13-22-10-6-19-20(15-22,7-2-11-24-19)16-23-14-17-4-8-21-9-5-17;2*3-2(4,5)1(6)7/h1,3-5,8-9,12,19H,2,6-7,10-11,13-16H2;2*(H,6,7). The Balaban J connectivity index is 0.000000317. The number of aliphatic carboxylic acids is 2. The summed E-state index contributed by atoms with van der Waals surface area (Å²) in [5, 5.41) is 16.4. The minimum absolute atomic E-state index is 0.140. The van der Waals surface area contributed by atoms with Crippen molar-refractivity contribution in [2.45, 2.75) is 50.9 Å². The molecule has 2 atom stereocenters. The van der Waals surface area contributed by atoms with E-state index in [1.54, 1.807) is 0 Å². The summed E-state index contributed by atoms with van der Waals surface area (Å²) >= 11 is 1.85. The van der Waals surface area contributed by atoms with Crippen LogP contribution in [-0.4, -0.2) is 76.8 Å². The van der Waals surface area contributed by atoms with Gasteiger partial charge in [-0.05, 0) is 48.4 Å². The number of hydrogen-bond acceptors (Lipinski definition) is 7. The van der Waals surface area contributed by atoms with Crippen molar-refractivity contribution in [3.63, 3.8) is 0 Å². The van der Waals surface area contributed by atoms with Gasteiger partial charge in [0, 0.05) is 48.9 Å². The van der Waals surface area contributed by atoms with Gasteiger partial charge in [0.15, 0.2) is 0 Å². The molecule has 2 N–H and O–H groups in total. The molecule has 218 valence electrons. The zero-order valence-corrected chi connectivity index (χ0v) is 21.4. The van der Waals surface area contributed by atoms with Crippen molar-refractivity contribution in [1.29, 1.82) is 0 Å². The Morgan fingerprint density at radius 3 is 2.26 bits per heavy atom. The first kappa shape index (κ1) is 32.5. The summed E-state index contributed by atoms with van der Waals surface area (Å²) in [5.74, 6) is -5.51. The van der Waals surface area contributed by atoms with E-state index in [1.807, 2.05) is 35.9 Å². The van der Waals surface area contributed by atoms with E-state index in [4.69, 9.17) is 29.3 Å². The first-order chi connectivity index (χ1) is 18.2. The molecular formula is C24H28F6N2O6S. The summed E-state index contributed by atoms with van der Waals surface area (Å²) in [7, 11) is 0. The molecule has 4 heterocycles. The van der Waals surface area contributed by atoms with Gasteiger partial charge in [-0.3, -0.25) is 9.88 Å². The van der Waals surface area contributed by atoms with Crippen LogP contribution in [0, 0.1) is 5.41 Å². The highest BCUT2D eigenvalue weighted by molar-refractivity contribution is 7.09. The van der Waals surface area contributed by atoms with E-state index in [0.717, 1.165) is 45.7 Å². The van der Waals surface area contributed by atoms with Gasteiger partial charge in [-0.2, -0.15) is 26.3 Å². The molecule has 0 bridgehead atoms. The van der Waals surface area contributed by atoms with Crippen LogP contribution in [0.15, 0.2) is 42.0 Å². The van der Waals surface area contributed by atoms with Crippen molar-refractivity contribution in [2.75, 3.05) is 26.3 Å². The van der Waals surface area contributed by atoms with Crippen LogP contribution in [0.1, 0.15) is 29.7 Å². The molecule has 39 heavy (non-hydrogen) atoms. The lowest BCUT2D eigenvalue weighted by Gasteiger charge is -2.50. The molecule has 8 nitrogen and oxygen atoms in total. The fourth-order valence-corrected chi connectivity index (χ4v) is 4.95. The van der Waals surface area contributed by atoms with Crippen LogP contribution in [-0.2, 0) is 32.2 Å². The SMILES string of the molecule is O=C(O)C(F)(F)F.O=C(O)C(F)(F)F.c1csc(CN2CCC3OCCCC3(COCc3ccncc3)C2)c1. The maximum atomic E-state index is 10.6. The number of alkyl halides is 6. The summed E-state index contributed by atoms with van der Waals surface area (Å²) in [6, 6.07) is 8.43. The van der Waals surface area contributed by atoms with Crippen LogP contribution < -0.4 is 0 Å². The zero-order valence-electron chi connectivity index (χ0n) is 20.6. The zero-order chi connectivity index (χ0) is 29.1. The molecule has 2 unspecified atom stereocenters. The quantitative estimate of drug-likeness (QED) is 0.456. The van der Waals surface area contributed by atoms with Crippen LogP contribution in [0.25, 0.3) is 0 Å². The topological polar surface area (TPSA) is 109 Å². The Morgan fingerprint density at radius 1 is 1.10 bits per heavy atom. The third-order valence-electron chi connectivity index (χ3n) is 5.92. The van der Waals surface area contributed by atoms with Crippen molar-refractivity contribution in [2.24, 2.45) is 5.41 Å². The lowest BCUT2D eigenvalue weighted by molar-refractivity contribution is -0.193. The first-order valence-corrected chi connectivity index (χ1v) is 12.5. The molecule has 2 aromatic heterocycles. The van der Waals surface area contributed by atoms with Gasteiger partial charge in [-0.1, -0.05) is 6.07 Å². The van der Waals surface area contributed by atoms with Crippen molar-refractivity contribution in [3.05, 3.63) is 52.5 Å². The number of ether oxygens (including phenoxy) is 2. The number of likely N-dealkylation sites (tertiary alicyclic amines) is 1. The molecular weight excluding hydrogens is 558 g/mol. The lowest BCUT2D eigenvalue weighted by atomic mass is 9.73. The van der Waals surface area contributed by atoms with E-state index in [1.165, 1.54) is 16.9 Å². The maximum absolute atomic E-state index is 10.6. The summed E-state index contributed by atoms with van der Waals surface area (Å²) in [5.41, 5.74) is 1.33. The van der Waals surface area contributed by atoms with Crippen molar-refractivity contribution < 1.29 is 55.6 Å². The van der Waals surface area contributed by atoms with E-state index in [-0.39, 0.29) is 5.41 Å². The molecule has 15 heteroatoms. The number of nitrogens with zero attached hydrogens (tertiary/aromatic N) is 2. The Kier molecular flexibility index (Phi) is 12.1. The van der Waals surface area contributed by atoms with Crippen molar-refractivity contribution in [3.8, 4) is 0 Å². The summed E-state index contributed by atoms with van der Waals surface area (Å²) in [6.45, 7) is 5.58. The lowest BCUT2D eigenvalue weighted by Crippen LogP contribution is -2.56. The van der Waals surface area contributed by atoms with E-state index >= 15 is 0 Å². The minimum atomic E-state index is -5.08. The van der Waals surface area contributed by atoms with Gasteiger partial charge in [-0.15, -0.1) is 11.3 Å². The fraction of sp³-hybridized carbons (Fsp3) is 0.542. The molecule has 0 spiro atoms. The second-order valence-corrected chi connectivity index (χ2v) is 9.89. The number of pyridine rings is 1. The van der Waals surface area contributed by atoms with Gasteiger partial charge in [0.2, 0.25) is 0 Å². The number of carbonyl (C=O) groups is 2. The Labute approximate surface area is 224 Å². The molecule has 4 rings (SSSR count). The van der Waals surface area contributed by atoms with Gasteiger partial charge < -0.3 is 19.7 Å². The van der Waals surface area contributed by atoms with Gasteiger partial charge >= 0.3 is 24.3 Å². The predicted octanol–water partition coefficient (Wildman–Crippen LogP) is 5.00. The second kappa shape index (κ2) is 14.6. The third kappa shape index (κ3) is 11.1. The number of piperidine rings is 1. The average molecular weight is 587 g/mol. The molecule has 2 aromatic rings. The van der Waals surface area contributed by atoms with Crippen LogP contribution in [0.2, 0.25) is 0 Å². The van der Waals surface area contributed by atoms with Crippen molar-refractivity contribution in [1.82, 2.24) is 9.88 Å². The van der Waals surface area contributed by atoms with E-state index in [9.17, 15) is 26.3 Å². The molecule has 0 radical (unpaired) electrons. The normalized spacial score (nSPS) is 21.4. The molecule has 0 aromatic carbocycles. The van der Waals surface area contributed by atoms with E-state index in [2.05, 4.69) is 27.4 Å². The molecule has 0 saturated carbocycles. The number of thiophene rings is 1. The minimum Gasteiger partial charge on any atom is -0.475 e. The summed E-state index contributed by atoms with van der Waals surface area (Å²) in [6.07, 6.45) is -2.71. The largest absolute Gasteiger partial charge is 0.490 e. The van der Waals surface area contributed by atoms with Gasteiger partial charge in [0.05, 0.1) is 19.3 Å². The average Bonchev–Trinajstić information content (AvgIpc) is 3.37. The number of carboxylic acid groups (broad SMARTS) is 2. The molecule has 2 aliphatic heterocycles. The number of halogens is 6. The third-order valence-corrected chi connectivity index (χ3v) is 6.78. The van der Waals surface area contributed by atoms with Crippen LogP contribution in [0.3, 0.4) is 0 Å². The summed E-state index contributed by atoms with van der Waals surface area (Å²) < 4.78 is 75.8. The monoisotopic (exact) mass is 586 g/mol. The molecule has 2 fully saturated rings. The Hall–Kier alpha value is -2.75. The van der Waals surface area contributed by atoms with E-state index in [0.29, 0.717) is 12.7 Å². The fourth-order valence-electron chi connectivity index (χ4n) is 4.20. The molecule has 2 aliphatic rings. The van der Waals surface area contributed by atoms with Crippen molar-refractivity contribution >= 4 is 23.3 Å². The summed E-state index contributed by atoms with van der Waals surface area (Å²) in [4.78, 5) is 25.9. The smallest absolute Gasteiger partial charge is 0.475 e. The highest BCUT2D eigenvalue weighted by Gasteiger charge is 2.46. The first-order valence-electron chi connectivity index (χ1n) is 11.7. The maximum Gasteiger partial charge on any atom is 0.490 e. The van der Waals surface area contributed by atoms with Gasteiger partial charge in [0.25, 0.3) is 0 Å². The number of hydrogen-bond donors (Lipinski definition) is 2. The molecule has 0 aliphatic carbocycles. The Morgan fingerprint density at radius 2 is 1.72 bits per heavy atom. The molecule has 2 saturated heterocycles. The second-order valence-electron chi connectivity index (χ2n) is 8.86. The number of rotatable bonds is 6. The van der Waals surface area contributed by atoms with Gasteiger partial charge in [0.1, 0.15) is 0 Å². The Bertz CT molecular complexity index is 998. The van der Waals surface area contributed by atoms with Gasteiger partial charge in [-0.25, -0.2) is 9.59 Å². The number of fused-ring (bicyclic) bond motifs is 1. The van der Waals surface area contributed by atoms with E-state index < -0.39 is 24.3 Å². The molecule has 0 amide bonds. The van der Waals surface area contributed by atoms with Crippen LogP contribution in [0.5, 0.6) is 0 Å². The van der Waals surface area contributed by atoms with Crippen LogP contribution >= 0.6 is 11.3 Å². The highest BCUT2D eigenvalue weighted by Crippen LogP contribution is 2.41. The predicted molar refractivity (Wildman–Crippen MR) is 127 cm³/mol. The highest BCUT2D eigenvalue weighted by atomic mass is 32.1. The van der Waals surface area contributed by atoms with Crippen LogP contribution in [0.4, 0.5) is 26.3 Å². The number of carboxylic acids is 2. The number of aromatic nitrogens is 1.